The third-order valence-corrected chi connectivity index (χ3v) is 5.54. The average molecular weight is 349 g/mol. The quantitative estimate of drug-likeness (QED) is 0.614. The molecule has 0 fully saturated rings. The molecule has 0 bridgehead atoms. The molecule has 23 heavy (non-hydrogen) atoms. The highest BCUT2D eigenvalue weighted by Gasteiger charge is 2.15. The van der Waals surface area contributed by atoms with Gasteiger partial charge in [0, 0.05) is 17.0 Å². The smallest absolute Gasteiger partial charge is 0.240 e. The van der Waals surface area contributed by atoms with Crippen molar-refractivity contribution in [1.29, 1.82) is 0 Å². The average Bonchev–Trinajstić information content (AvgIpc) is 2.55. The van der Waals surface area contributed by atoms with Gasteiger partial charge in [-0.05, 0) is 42.5 Å². The minimum absolute atomic E-state index is 0.100. The van der Waals surface area contributed by atoms with Crippen molar-refractivity contribution in [1.82, 2.24) is 4.72 Å². The molecule has 2 rings (SSSR count). The Morgan fingerprint density at radius 1 is 1.13 bits per heavy atom. The van der Waals surface area contributed by atoms with Gasteiger partial charge in [0.05, 0.1) is 4.90 Å². The molecule has 0 saturated heterocycles. The molecule has 0 atom stereocenters. The molecule has 1 N–H and O–H groups in total. The first kappa shape index (κ1) is 17.7. The standard InChI is InChI=1S/C17H19NO3S2/c1-3-22-16-9-7-14(8-10-16)12-18-23(20,21)17-6-4-5-15(11-17)13(2)19/h4-11,18H,3,12H2,1-2H3. The topological polar surface area (TPSA) is 63.2 Å². The molecule has 2 aromatic rings. The number of carbonyl (C=O) groups is 1. The summed E-state index contributed by atoms with van der Waals surface area (Å²) in [4.78, 5) is 12.6. The summed E-state index contributed by atoms with van der Waals surface area (Å²) in [5, 5.41) is 0. The van der Waals surface area contributed by atoms with Crippen LogP contribution in [-0.2, 0) is 16.6 Å². The predicted molar refractivity (Wildman–Crippen MR) is 93.3 cm³/mol. The zero-order valence-corrected chi connectivity index (χ0v) is 14.7. The van der Waals surface area contributed by atoms with Crippen molar-refractivity contribution in [3.63, 3.8) is 0 Å². The number of sulfonamides is 1. The second kappa shape index (κ2) is 7.77. The van der Waals surface area contributed by atoms with Gasteiger partial charge in [0.15, 0.2) is 5.78 Å². The lowest BCUT2D eigenvalue weighted by Crippen LogP contribution is -2.23. The lowest BCUT2D eigenvalue weighted by molar-refractivity contribution is 0.101. The molecule has 0 aliphatic heterocycles. The molecule has 4 nitrogen and oxygen atoms in total. The van der Waals surface area contributed by atoms with Crippen molar-refractivity contribution in [3.8, 4) is 0 Å². The maximum atomic E-state index is 12.3. The Labute approximate surface area is 141 Å². The van der Waals surface area contributed by atoms with E-state index in [-0.39, 0.29) is 17.2 Å². The Bertz CT molecular complexity index is 784. The van der Waals surface area contributed by atoms with Crippen molar-refractivity contribution >= 4 is 27.6 Å². The van der Waals surface area contributed by atoms with Gasteiger partial charge in [-0.2, -0.15) is 0 Å². The van der Waals surface area contributed by atoms with E-state index in [4.69, 9.17) is 0 Å². The molecule has 0 heterocycles. The highest BCUT2D eigenvalue weighted by Crippen LogP contribution is 2.18. The third-order valence-electron chi connectivity index (χ3n) is 3.25. The van der Waals surface area contributed by atoms with Gasteiger partial charge in [-0.3, -0.25) is 4.79 Å². The van der Waals surface area contributed by atoms with Gasteiger partial charge in [-0.25, -0.2) is 13.1 Å². The summed E-state index contributed by atoms with van der Waals surface area (Å²) >= 11 is 1.74. The summed E-state index contributed by atoms with van der Waals surface area (Å²) in [6.45, 7) is 3.71. The number of Topliss-reactive ketones (excluding diaryl/α,β-unsaturated/α-hetero) is 1. The highest BCUT2D eigenvalue weighted by molar-refractivity contribution is 7.99. The fourth-order valence-corrected chi connectivity index (χ4v) is 3.74. The van der Waals surface area contributed by atoms with E-state index in [1.165, 1.54) is 19.1 Å². The molecular formula is C17H19NO3S2. The van der Waals surface area contributed by atoms with Crippen LogP contribution in [0.25, 0.3) is 0 Å². The molecule has 0 spiro atoms. The van der Waals surface area contributed by atoms with E-state index in [1.807, 2.05) is 24.3 Å². The summed E-state index contributed by atoms with van der Waals surface area (Å²) < 4.78 is 27.2. The number of thioether (sulfide) groups is 1. The van der Waals surface area contributed by atoms with Crippen LogP contribution in [0.2, 0.25) is 0 Å². The van der Waals surface area contributed by atoms with E-state index >= 15 is 0 Å². The molecule has 0 radical (unpaired) electrons. The SMILES string of the molecule is CCSc1ccc(CNS(=O)(=O)c2cccc(C(C)=O)c2)cc1. The molecular weight excluding hydrogens is 330 g/mol. The Hall–Kier alpha value is -1.63. The van der Waals surface area contributed by atoms with Crippen LogP contribution in [0.4, 0.5) is 0 Å². The molecule has 122 valence electrons. The fraction of sp³-hybridized carbons (Fsp3) is 0.235. The van der Waals surface area contributed by atoms with Gasteiger partial charge >= 0.3 is 0 Å². The second-order valence-corrected chi connectivity index (χ2v) is 8.09. The van der Waals surface area contributed by atoms with Crippen LogP contribution >= 0.6 is 11.8 Å². The van der Waals surface area contributed by atoms with Gasteiger partial charge in [-0.1, -0.05) is 31.2 Å². The minimum atomic E-state index is -3.64. The van der Waals surface area contributed by atoms with E-state index in [2.05, 4.69) is 11.6 Å². The molecule has 0 unspecified atom stereocenters. The fourth-order valence-electron chi connectivity index (χ4n) is 2.01. The number of nitrogens with one attached hydrogen (secondary N) is 1. The van der Waals surface area contributed by atoms with Crippen LogP contribution in [0, 0.1) is 0 Å². The zero-order valence-electron chi connectivity index (χ0n) is 13.1. The Morgan fingerprint density at radius 2 is 1.83 bits per heavy atom. The Morgan fingerprint density at radius 3 is 2.43 bits per heavy atom. The molecule has 2 aromatic carbocycles. The van der Waals surface area contributed by atoms with Gasteiger partial charge in [0.2, 0.25) is 10.0 Å². The summed E-state index contributed by atoms with van der Waals surface area (Å²) in [6, 6.07) is 13.8. The number of carbonyl (C=O) groups excluding carboxylic acids is 1. The molecule has 0 amide bonds. The zero-order chi connectivity index (χ0) is 16.9. The maximum absolute atomic E-state index is 12.3. The highest BCUT2D eigenvalue weighted by atomic mass is 32.2. The number of ketones is 1. The van der Waals surface area contributed by atoms with Crippen LogP contribution in [0.3, 0.4) is 0 Å². The largest absolute Gasteiger partial charge is 0.295 e. The van der Waals surface area contributed by atoms with Crippen molar-refractivity contribution in [3.05, 3.63) is 59.7 Å². The Kier molecular flexibility index (Phi) is 5.98. The van der Waals surface area contributed by atoms with E-state index < -0.39 is 10.0 Å². The van der Waals surface area contributed by atoms with E-state index in [9.17, 15) is 13.2 Å². The van der Waals surface area contributed by atoms with Crippen LogP contribution in [0.15, 0.2) is 58.3 Å². The van der Waals surface area contributed by atoms with E-state index in [0.717, 1.165) is 16.2 Å². The van der Waals surface area contributed by atoms with Crippen molar-refractivity contribution < 1.29 is 13.2 Å². The number of hydrogen-bond acceptors (Lipinski definition) is 4. The van der Waals surface area contributed by atoms with Crippen molar-refractivity contribution in [2.24, 2.45) is 0 Å². The second-order valence-electron chi connectivity index (χ2n) is 4.99. The normalized spacial score (nSPS) is 11.4. The van der Waals surface area contributed by atoms with Crippen LogP contribution in [-0.4, -0.2) is 20.0 Å². The molecule has 0 aliphatic carbocycles. The van der Waals surface area contributed by atoms with Crippen LogP contribution in [0.5, 0.6) is 0 Å². The lowest BCUT2D eigenvalue weighted by atomic mass is 10.2. The third kappa shape index (κ3) is 4.92. The van der Waals surface area contributed by atoms with Gasteiger partial charge in [0.25, 0.3) is 0 Å². The number of hydrogen-bond donors (Lipinski definition) is 1. The first-order chi connectivity index (χ1) is 10.9. The monoisotopic (exact) mass is 349 g/mol. The van der Waals surface area contributed by atoms with Gasteiger partial charge in [-0.15, -0.1) is 11.8 Å². The van der Waals surface area contributed by atoms with Crippen LogP contribution in [0.1, 0.15) is 29.8 Å². The molecule has 6 heteroatoms. The van der Waals surface area contributed by atoms with Crippen molar-refractivity contribution in [2.45, 2.75) is 30.2 Å². The molecule has 0 aliphatic rings. The summed E-state index contributed by atoms with van der Waals surface area (Å²) in [7, 11) is -3.64. The van der Waals surface area contributed by atoms with Crippen molar-refractivity contribution in [2.75, 3.05) is 5.75 Å². The predicted octanol–water partition coefficient (Wildman–Crippen LogP) is 3.48. The summed E-state index contributed by atoms with van der Waals surface area (Å²) in [6.07, 6.45) is 0. The summed E-state index contributed by atoms with van der Waals surface area (Å²) in [5.74, 6) is 0.837. The lowest BCUT2D eigenvalue weighted by Gasteiger charge is -2.08. The summed E-state index contributed by atoms with van der Waals surface area (Å²) in [5.41, 5.74) is 1.27. The van der Waals surface area contributed by atoms with E-state index in [0.29, 0.717) is 5.56 Å². The maximum Gasteiger partial charge on any atom is 0.240 e. The van der Waals surface area contributed by atoms with E-state index in [1.54, 1.807) is 23.9 Å². The first-order valence-corrected chi connectivity index (χ1v) is 9.71. The molecule has 0 aromatic heterocycles. The first-order valence-electron chi connectivity index (χ1n) is 7.25. The molecule has 0 saturated carbocycles. The minimum Gasteiger partial charge on any atom is -0.295 e. The van der Waals surface area contributed by atoms with Gasteiger partial charge < -0.3 is 0 Å². The van der Waals surface area contributed by atoms with Gasteiger partial charge in [0.1, 0.15) is 0 Å². The number of benzene rings is 2. The van der Waals surface area contributed by atoms with Crippen LogP contribution < -0.4 is 4.72 Å². The Balaban J connectivity index is 2.09. The number of rotatable bonds is 7.